The Morgan fingerprint density at radius 1 is 1.29 bits per heavy atom. The number of nitrogens with zero attached hydrogens (tertiary/aromatic N) is 1. The zero-order valence-corrected chi connectivity index (χ0v) is 17.8. The number of carboxylic acid groups (broad SMARTS) is 1. The highest BCUT2D eigenvalue weighted by molar-refractivity contribution is 9.11. The number of hydrogen-bond donors (Lipinski definition) is 2. The van der Waals surface area contributed by atoms with Crippen LogP contribution >= 0.6 is 27.3 Å². The van der Waals surface area contributed by atoms with E-state index in [2.05, 4.69) is 26.2 Å². The summed E-state index contributed by atoms with van der Waals surface area (Å²) < 4.78 is 31.5. The zero-order chi connectivity index (χ0) is 20.3. The summed E-state index contributed by atoms with van der Waals surface area (Å²) in [5.74, 6) is -0.830. The van der Waals surface area contributed by atoms with Gasteiger partial charge < -0.3 is 15.2 Å². The third kappa shape index (κ3) is 4.03. The molecule has 28 heavy (non-hydrogen) atoms. The first-order valence-corrected chi connectivity index (χ1v) is 11.0. The summed E-state index contributed by atoms with van der Waals surface area (Å²) in [4.78, 5) is 15.6. The summed E-state index contributed by atoms with van der Waals surface area (Å²) in [5, 5.41) is 12.9. The van der Waals surface area contributed by atoms with Gasteiger partial charge in [0.15, 0.2) is 0 Å². The molecule has 2 N–H and O–H groups in total. The highest BCUT2D eigenvalue weighted by Crippen LogP contribution is 2.43. The van der Waals surface area contributed by atoms with Crippen LogP contribution in [0.3, 0.4) is 0 Å². The average Bonchev–Trinajstić information content (AvgIpc) is 3.04. The van der Waals surface area contributed by atoms with Crippen LogP contribution in [-0.4, -0.2) is 31.6 Å². The topological polar surface area (TPSA) is 106 Å². The van der Waals surface area contributed by atoms with Gasteiger partial charge in [-0.1, -0.05) is 6.07 Å². The number of carbonyl (C=O) groups is 1. The molecule has 2 aromatic heterocycles. The van der Waals surface area contributed by atoms with Gasteiger partial charge in [0.25, 0.3) is 0 Å². The van der Waals surface area contributed by atoms with Crippen molar-refractivity contribution in [3.8, 4) is 5.75 Å². The molecule has 0 bridgehead atoms. The summed E-state index contributed by atoms with van der Waals surface area (Å²) >= 11 is 4.24. The van der Waals surface area contributed by atoms with Crippen LogP contribution in [0, 0.1) is 0 Å². The van der Waals surface area contributed by atoms with E-state index >= 15 is 0 Å². The molecule has 0 unspecified atom stereocenters. The van der Waals surface area contributed by atoms with Crippen LogP contribution in [-0.2, 0) is 16.4 Å². The van der Waals surface area contributed by atoms with Gasteiger partial charge in [-0.25, -0.2) is 13.2 Å². The summed E-state index contributed by atoms with van der Waals surface area (Å²) in [7, 11) is -2.58. The predicted molar refractivity (Wildman–Crippen MR) is 109 cm³/mol. The molecule has 3 aromatic rings. The second-order valence-electron chi connectivity index (χ2n) is 5.61. The van der Waals surface area contributed by atoms with Crippen molar-refractivity contribution in [2.24, 2.45) is 0 Å². The molecule has 2 heterocycles. The molecule has 0 aliphatic heterocycles. The summed E-state index contributed by atoms with van der Waals surface area (Å²) in [5.41, 5.74) is 0.541. The predicted octanol–water partition coefficient (Wildman–Crippen LogP) is 4.06. The highest BCUT2D eigenvalue weighted by atomic mass is 79.9. The average molecular weight is 483 g/mol. The number of thiophene rings is 1. The van der Waals surface area contributed by atoms with E-state index < -0.39 is 15.8 Å². The number of pyridine rings is 1. The Morgan fingerprint density at radius 2 is 2.00 bits per heavy atom. The Balaban J connectivity index is 2.02. The smallest absolute Gasteiger partial charge is 0.340 e. The minimum atomic E-state index is -4.06. The summed E-state index contributed by atoms with van der Waals surface area (Å²) in [6.45, 7) is 0.309. The molecule has 0 aliphatic rings. The van der Waals surface area contributed by atoms with E-state index in [9.17, 15) is 18.3 Å². The maximum absolute atomic E-state index is 13.1. The first-order valence-electron chi connectivity index (χ1n) is 7.92. The van der Waals surface area contributed by atoms with E-state index in [1.165, 1.54) is 31.4 Å². The van der Waals surface area contributed by atoms with Crippen LogP contribution in [0.1, 0.15) is 15.9 Å². The van der Waals surface area contributed by atoms with Gasteiger partial charge in [0, 0.05) is 18.9 Å². The number of aromatic nitrogens is 1. The van der Waals surface area contributed by atoms with Gasteiger partial charge in [-0.05, 0) is 51.8 Å². The van der Waals surface area contributed by atoms with Gasteiger partial charge in [0.05, 0.1) is 15.8 Å². The van der Waals surface area contributed by atoms with Gasteiger partial charge in [0.2, 0.25) is 9.84 Å². The van der Waals surface area contributed by atoms with Crippen LogP contribution in [0.4, 0.5) is 5.00 Å². The summed E-state index contributed by atoms with van der Waals surface area (Å²) in [6, 6.07) is 9.38. The number of sulfone groups is 1. The van der Waals surface area contributed by atoms with E-state index in [0.717, 1.165) is 16.9 Å². The fourth-order valence-electron chi connectivity index (χ4n) is 2.50. The van der Waals surface area contributed by atoms with Gasteiger partial charge in [-0.2, -0.15) is 0 Å². The molecule has 0 aliphatic carbocycles. The van der Waals surface area contributed by atoms with Crippen LogP contribution in [0.25, 0.3) is 0 Å². The highest BCUT2D eigenvalue weighted by Gasteiger charge is 2.32. The molecule has 0 saturated carbocycles. The van der Waals surface area contributed by atoms with Crippen LogP contribution < -0.4 is 10.1 Å². The number of methoxy groups -OCH3 is 1. The Morgan fingerprint density at radius 3 is 2.57 bits per heavy atom. The maximum Gasteiger partial charge on any atom is 0.340 e. The lowest BCUT2D eigenvalue weighted by molar-refractivity contribution is 0.0694. The van der Waals surface area contributed by atoms with Crippen LogP contribution in [0.2, 0.25) is 0 Å². The van der Waals surface area contributed by atoms with Crippen molar-refractivity contribution in [1.29, 1.82) is 0 Å². The number of rotatable bonds is 7. The molecule has 146 valence electrons. The standard InChI is InChI=1S/C18H15BrN2O5S2/c1-26-12-4-6-13(7-5-12)28(24,25)15-14(18(22)23)17(27-16(15)19)21-10-11-3-2-8-20-9-11/h2-9,21H,10H2,1H3,(H,22,23). The van der Waals surface area contributed by atoms with E-state index in [1.807, 2.05) is 6.07 Å². The lowest BCUT2D eigenvalue weighted by Crippen LogP contribution is -2.10. The fraction of sp³-hybridized carbons (Fsp3) is 0.111. The normalized spacial score (nSPS) is 11.2. The van der Waals surface area contributed by atoms with Crippen molar-refractivity contribution in [3.63, 3.8) is 0 Å². The van der Waals surface area contributed by atoms with Crippen molar-refractivity contribution < 1.29 is 23.1 Å². The number of carboxylic acids is 1. The number of nitrogens with one attached hydrogen (secondary N) is 1. The molecule has 0 amide bonds. The molecule has 0 saturated heterocycles. The number of benzene rings is 1. The molecule has 3 rings (SSSR count). The van der Waals surface area contributed by atoms with Crippen molar-refractivity contribution in [2.75, 3.05) is 12.4 Å². The van der Waals surface area contributed by atoms with Crippen molar-refractivity contribution in [1.82, 2.24) is 4.98 Å². The molecule has 7 nitrogen and oxygen atoms in total. The third-order valence-electron chi connectivity index (χ3n) is 3.85. The maximum atomic E-state index is 13.1. The lowest BCUT2D eigenvalue weighted by Gasteiger charge is -2.08. The minimum absolute atomic E-state index is 0.0203. The molecule has 0 atom stereocenters. The minimum Gasteiger partial charge on any atom is -0.497 e. The molecule has 10 heteroatoms. The third-order valence-corrected chi connectivity index (χ3v) is 7.90. The van der Waals surface area contributed by atoms with Gasteiger partial charge >= 0.3 is 5.97 Å². The lowest BCUT2D eigenvalue weighted by atomic mass is 10.3. The first kappa shape index (κ1) is 20.3. The number of halogens is 1. The second-order valence-corrected chi connectivity index (χ2v) is 9.83. The SMILES string of the molecule is COc1ccc(S(=O)(=O)c2c(Br)sc(NCc3cccnc3)c2C(=O)O)cc1. The molecule has 1 aromatic carbocycles. The quantitative estimate of drug-likeness (QED) is 0.522. The van der Waals surface area contributed by atoms with Gasteiger partial charge in [0.1, 0.15) is 21.2 Å². The van der Waals surface area contributed by atoms with Gasteiger partial charge in [-0.3, -0.25) is 4.98 Å². The van der Waals surface area contributed by atoms with E-state index in [4.69, 9.17) is 4.74 Å². The monoisotopic (exact) mass is 482 g/mol. The fourth-order valence-corrected chi connectivity index (χ4v) is 6.56. The van der Waals surface area contributed by atoms with E-state index in [0.29, 0.717) is 12.3 Å². The van der Waals surface area contributed by atoms with Gasteiger partial charge in [-0.15, -0.1) is 11.3 Å². The Kier molecular flexibility index (Phi) is 6.01. The van der Waals surface area contributed by atoms with Crippen molar-refractivity contribution in [3.05, 3.63) is 63.7 Å². The number of ether oxygens (including phenoxy) is 1. The zero-order valence-electron chi connectivity index (χ0n) is 14.5. The van der Waals surface area contributed by atoms with E-state index in [1.54, 1.807) is 18.5 Å². The molecular weight excluding hydrogens is 468 g/mol. The molecular formula is C18H15BrN2O5S2. The van der Waals surface area contributed by atoms with Crippen LogP contribution in [0.15, 0.2) is 62.4 Å². The Hall–Kier alpha value is -2.43. The Bertz CT molecular complexity index is 1100. The second kappa shape index (κ2) is 8.29. The summed E-state index contributed by atoms with van der Waals surface area (Å²) in [6.07, 6.45) is 3.28. The largest absolute Gasteiger partial charge is 0.497 e. The van der Waals surface area contributed by atoms with Crippen molar-refractivity contribution >= 4 is 48.1 Å². The number of aromatic carboxylic acids is 1. The number of hydrogen-bond acceptors (Lipinski definition) is 7. The van der Waals surface area contributed by atoms with Crippen molar-refractivity contribution in [2.45, 2.75) is 16.3 Å². The molecule has 0 fully saturated rings. The molecule has 0 radical (unpaired) electrons. The Labute approximate surface area is 174 Å². The van der Waals surface area contributed by atoms with E-state index in [-0.39, 0.29) is 24.1 Å². The number of anilines is 1. The van der Waals surface area contributed by atoms with Crippen LogP contribution in [0.5, 0.6) is 5.75 Å². The first-order chi connectivity index (χ1) is 13.3. The molecule has 0 spiro atoms.